The lowest BCUT2D eigenvalue weighted by molar-refractivity contribution is -0.0852. The number of nitrogens with one attached hydrogen (secondary N) is 1. The van der Waals surface area contributed by atoms with E-state index in [1.807, 2.05) is 0 Å². The molecule has 6 atom stereocenters. The van der Waals surface area contributed by atoms with E-state index in [0.717, 1.165) is 50.7 Å². The molecule has 0 spiro atoms. The number of carbonyl (C=O) groups excluding carboxylic acids is 1. The molecule has 2 N–H and O–H groups in total. The molecule has 1 aromatic heterocycles. The Morgan fingerprint density at radius 3 is 2.77 bits per heavy atom. The van der Waals surface area contributed by atoms with Crippen LogP contribution in [0.1, 0.15) is 68.6 Å². The number of carbonyl (C=O) groups is 1. The van der Waals surface area contributed by atoms with Crippen molar-refractivity contribution in [3.63, 3.8) is 0 Å². The molecule has 1 amide bonds. The van der Waals surface area contributed by atoms with E-state index >= 15 is 0 Å². The Kier molecular flexibility index (Phi) is 5.01. The van der Waals surface area contributed by atoms with Crippen LogP contribution in [0.4, 0.5) is 0 Å². The van der Waals surface area contributed by atoms with Gasteiger partial charge >= 0.3 is 0 Å². The number of terminal acetylenes is 1. The molecule has 0 radical (unpaired) electrons. The standard InChI is InChI=1S/C26H31N3O2/c1-3-26(31)13-9-23-22-6-4-18-16-19(28-29-24(30)17-10-14-27-15-11-17)5-7-20(18)21(22)8-12-25(23,26)2/h1,10-11,14-16,20-23,31H,4-9,12-13H2,2H3,(H,29,30)/b28-19-/t20-,21+,22+,23-,25-,26-/m0/s1. The summed E-state index contributed by atoms with van der Waals surface area (Å²) in [6, 6.07) is 3.38. The molecule has 3 fully saturated rings. The van der Waals surface area contributed by atoms with Crippen LogP contribution < -0.4 is 5.43 Å². The second-order valence-electron chi connectivity index (χ2n) is 10.1. The number of allylic oxidation sites excluding steroid dienone is 2. The van der Waals surface area contributed by atoms with E-state index in [0.29, 0.717) is 29.2 Å². The van der Waals surface area contributed by atoms with Gasteiger partial charge in [0.15, 0.2) is 0 Å². The third-order valence-electron chi connectivity index (χ3n) is 8.95. The first-order valence-corrected chi connectivity index (χ1v) is 11.6. The smallest absolute Gasteiger partial charge is 0.271 e. The summed E-state index contributed by atoms with van der Waals surface area (Å²) in [4.78, 5) is 16.2. The highest BCUT2D eigenvalue weighted by Crippen LogP contribution is 2.64. The van der Waals surface area contributed by atoms with Crippen molar-refractivity contribution in [1.82, 2.24) is 10.4 Å². The zero-order valence-electron chi connectivity index (χ0n) is 18.2. The van der Waals surface area contributed by atoms with Crippen molar-refractivity contribution in [1.29, 1.82) is 0 Å². The first-order valence-electron chi connectivity index (χ1n) is 11.6. The molecule has 3 saturated carbocycles. The van der Waals surface area contributed by atoms with Crippen molar-refractivity contribution < 1.29 is 9.90 Å². The van der Waals surface area contributed by atoms with Crippen molar-refractivity contribution in [3.05, 3.63) is 41.7 Å². The Morgan fingerprint density at radius 2 is 2.00 bits per heavy atom. The summed E-state index contributed by atoms with van der Waals surface area (Å²) in [6.45, 7) is 2.24. The number of fused-ring (bicyclic) bond motifs is 5. The highest BCUT2D eigenvalue weighted by atomic mass is 16.3. The van der Waals surface area contributed by atoms with Crippen LogP contribution in [0.5, 0.6) is 0 Å². The predicted octanol–water partition coefficient (Wildman–Crippen LogP) is 4.10. The predicted molar refractivity (Wildman–Crippen MR) is 120 cm³/mol. The topological polar surface area (TPSA) is 74.6 Å². The van der Waals surface area contributed by atoms with Crippen LogP contribution in [0.3, 0.4) is 0 Å². The van der Waals surface area contributed by atoms with E-state index in [2.05, 4.69) is 34.4 Å². The normalized spacial score (nSPS) is 40.2. The van der Waals surface area contributed by atoms with Gasteiger partial charge in [0.25, 0.3) is 5.91 Å². The van der Waals surface area contributed by atoms with Crippen molar-refractivity contribution in [2.24, 2.45) is 34.2 Å². The molecule has 5 nitrogen and oxygen atoms in total. The minimum atomic E-state index is -0.932. The van der Waals surface area contributed by atoms with E-state index in [-0.39, 0.29) is 11.3 Å². The SMILES string of the molecule is C#C[C@]1(O)CC[C@H]2[C@@H]3CCC4=C/C(=N\NC(=O)c5ccncc5)CC[C@@H]4[C@H]3CC[C@@]21C. The van der Waals surface area contributed by atoms with Crippen LogP contribution in [-0.4, -0.2) is 27.3 Å². The Bertz CT molecular complexity index is 978. The summed E-state index contributed by atoms with van der Waals surface area (Å²) in [5, 5.41) is 15.5. The molecule has 162 valence electrons. The maximum atomic E-state index is 12.3. The van der Waals surface area contributed by atoms with Crippen molar-refractivity contribution in [3.8, 4) is 12.3 Å². The second-order valence-corrected chi connectivity index (χ2v) is 10.1. The van der Waals surface area contributed by atoms with Gasteiger partial charge in [-0.3, -0.25) is 9.78 Å². The van der Waals surface area contributed by atoms with Gasteiger partial charge in [0.2, 0.25) is 0 Å². The number of hydrazone groups is 1. The number of hydrogen-bond acceptors (Lipinski definition) is 4. The van der Waals surface area contributed by atoms with Gasteiger partial charge in [-0.2, -0.15) is 5.10 Å². The van der Waals surface area contributed by atoms with Gasteiger partial charge in [-0.1, -0.05) is 18.4 Å². The highest BCUT2D eigenvalue weighted by Gasteiger charge is 2.61. The summed E-state index contributed by atoms with van der Waals surface area (Å²) < 4.78 is 0. The van der Waals surface area contributed by atoms with Gasteiger partial charge in [0, 0.05) is 23.4 Å². The van der Waals surface area contributed by atoms with Gasteiger partial charge in [0.1, 0.15) is 5.60 Å². The first kappa shape index (κ1) is 20.5. The zero-order valence-corrected chi connectivity index (χ0v) is 18.2. The number of hydrogen-bond donors (Lipinski definition) is 2. The third-order valence-corrected chi connectivity index (χ3v) is 8.95. The lowest BCUT2D eigenvalue weighted by atomic mass is 9.50. The average molecular weight is 418 g/mol. The van der Waals surface area contributed by atoms with Crippen molar-refractivity contribution in [2.75, 3.05) is 0 Å². The number of pyridine rings is 1. The molecular weight excluding hydrogens is 386 g/mol. The van der Waals surface area contributed by atoms with Crippen LogP contribution in [-0.2, 0) is 0 Å². The molecule has 1 heterocycles. The fourth-order valence-electron chi connectivity index (χ4n) is 7.23. The Hall–Kier alpha value is -2.45. The molecule has 0 unspecified atom stereocenters. The Labute approximate surface area is 184 Å². The van der Waals surface area contributed by atoms with Gasteiger partial charge in [-0.25, -0.2) is 5.43 Å². The molecule has 5 heteroatoms. The number of nitrogens with zero attached hydrogens (tertiary/aromatic N) is 2. The lowest BCUT2D eigenvalue weighted by Crippen LogP contribution is -2.52. The quantitative estimate of drug-likeness (QED) is 0.562. The van der Waals surface area contributed by atoms with E-state index in [1.54, 1.807) is 24.5 Å². The van der Waals surface area contributed by atoms with E-state index < -0.39 is 5.60 Å². The Balaban J connectivity index is 1.30. The van der Waals surface area contributed by atoms with Gasteiger partial charge in [-0.05, 0) is 93.2 Å². The average Bonchev–Trinajstić information content (AvgIpc) is 3.09. The third kappa shape index (κ3) is 3.24. The van der Waals surface area contributed by atoms with Crippen molar-refractivity contribution >= 4 is 11.6 Å². The van der Waals surface area contributed by atoms with Gasteiger partial charge in [-0.15, -0.1) is 6.42 Å². The van der Waals surface area contributed by atoms with Gasteiger partial charge in [0.05, 0.1) is 5.71 Å². The monoisotopic (exact) mass is 417 g/mol. The van der Waals surface area contributed by atoms with Crippen LogP contribution in [0, 0.1) is 41.4 Å². The fraction of sp³-hybridized carbons (Fsp3) is 0.577. The molecule has 0 bridgehead atoms. The molecule has 0 aromatic carbocycles. The van der Waals surface area contributed by atoms with Crippen LogP contribution in [0.2, 0.25) is 0 Å². The minimum Gasteiger partial charge on any atom is -0.377 e. The number of amides is 1. The zero-order chi connectivity index (χ0) is 21.6. The molecule has 4 aliphatic carbocycles. The summed E-state index contributed by atoms with van der Waals surface area (Å²) in [5.41, 5.74) is 4.66. The highest BCUT2D eigenvalue weighted by molar-refractivity contribution is 5.99. The summed E-state index contributed by atoms with van der Waals surface area (Å²) in [7, 11) is 0. The number of aliphatic hydroxyl groups is 1. The maximum absolute atomic E-state index is 12.3. The molecule has 0 aliphatic heterocycles. The summed E-state index contributed by atoms with van der Waals surface area (Å²) >= 11 is 0. The number of aromatic nitrogens is 1. The van der Waals surface area contributed by atoms with Crippen LogP contribution in [0.25, 0.3) is 0 Å². The largest absolute Gasteiger partial charge is 0.377 e. The van der Waals surface area contributed by atoms with E-state index in [4.69, 9.17) is 6.42 Å². The molecule has 4 aliphatic rings. The minimum absolute atomic E-state index is 0.136. The second kappa shape index (κ2) is 7.60. The molecule has 5 rings (SSSR count). The van der Waals surface area contributed by atoms with E-state index in [9.17, 15) is 9.90 Å². The van der Waals surface area contributed by atoms with Crippen LogP contribution in [0.15, 0.2) is 41.3 Å². The molecular formula is C26H31N3O2. The van der Waals surface area contributed by atoms with Crippen LogP contribution >= 0.6 is 0 Å². The molecule has 1 aromatic rings. The summed E-state index contributed by atoms with van der Waals surface area (Å²) in [6.07, 6.45) is 19.4. The first-order chi connectivity index (χ1) is 14.9. The fourth-order valence-corrected chi connectivity index (χ4v) is 7.23. The number of rotatable bonds is 2. The van der Waals surface area contributed by atoms with E-state index in [1.165, 1.54) is 12.0 Å². The molecule has 0 saturated heterocycles. The Morgan fingerprint density at radius 1 is 1.19 bits per heavy atom. The summed E-state index contributed by atoms with van der Waals surface area (Å²) in [5.74, 6) is 5.05. The van der Waals surface area contributed by atoms with Gasteiger partial charge < -0.3 is 5.11 Å². The molecule has 31 heavy (non-hydrogen) atoms. The lowest BCUT2D eigenvalue weighted by Gasteiger charge is -2.54. The maximum Gasteiger partial charge on any atom is 0.271 e. The van der Waals surface area contributed by atoms with Crippen molar-refractivity contribution in [2.45, 2.75) is 63.9 Å².